The molecule has 0 unspecified atom stereocenters. The van der Waals surface area contributed by atoms with Crippen LogP contribution >= 0.6 is 0 Å². The zero-order chi connectivity index (χ0) is 20.9. The number of fused-ring (bicyclic) bond motifs is 2. The molecule has 0 bridgehead atoms. The highest BCUT2D eigenvalue weighted by molar-refractivity contribution is 6.21. The van der Waals surface area contributed by atoms with Gasteiger partial charge in [0, 0.05) is 34.8 Å². The zero-order valence-electron chi connectivity index (χ0n) is 16.5. The van der Waals surface area contributed by atoms with Gasteiger partial charge in [-0.1, -0.05) is 60.7 Å². The molecule has 1 aromatic heterocycles. The number of hydrogen-bond acceptors (Lipinski definition) is 4. The highest BCUT2D eigenvalue weighted by Crippen LogP contribution is 2.27. The first-order chi connectivity index (χ1) is 14.6. The smallest absolute Gasteiger partial charge is 0.294 e. The molecule has 0 aliphatic heterocycles. The number of rotatable bonds is 9. The molecule has 0 spiro atoms. The Labute approximate surface area is 173 Å². The number of carbonyl (C=O) groups excluding carboxylic acids is 1. The van der Waals surface area contributed by atoms with Gasteiger partial charge in [-0.15, -0.1) is 10.1 Å². The molecule has 0 atom stereocenters. The van der Waals surface area contributed by atoms with Crippen molar-refractivity contribution >= 4 is 27.5 Å². The summed E-state index contributed by atoms with van der Waals surface area (Å²) < 4.78 is 2.10. The van der Waals surface area contributed by atoms with Crippen molar-refractivity contribution in [1.29, 1.82) is 0 Å². The van der Waals surface area contributed by atoms with Crippen LogP contribution in [0.5, 0.6) is 0 Å². The Hall–Kier alpha value is -3.67. The molecule has 6 heteroatoms. The molecule has 0 radical (unpaired) electrons. The molecule has 4 rings (SSSR count). The van der Waals surface area contributed by atoms with Gasteiger partial charge >= 0.3 is 0 Å². The molecule has 1 heterocycles. The Morgan fingerprint density at radius 1 is 0.867 bits per heavy atom. The number of aryl methyl sites for hydroxylation is 1. The molecule has 0 amide bonds. The Kier molecular flexibility index (Phi) is 5.75. The van der Waals surface area contributed by atoms with Gasteiger partial charge in [0.1, 0.15) is 0 Å². The third-order valence-electron chi connectivity index (χ3n) is 5.31. The van der Waals surface area contributed by atoms with Gasteiger partial charge in [0.15, 0.2) is 5.78 Å². The lowest BCUT2D eigenvalue weighted by atomic mass is 9.97. The topological polar surface area (TPSA) is 74.4 Å². The van der Waals surface area contributed by atoms with Crippen LogP contribution < -0.4 is 0 Å². The highest BCUT2D eigenvalue weighted by atomic mass is 16.9. The second kappa shape index (κ2) is 8.78. The van der Waals surface area contributed by atoms with Crippen LogP contribution in [0.25, 0.3) is 21.7 Å². The van der Waals surface area contributed by atoms with E-state index in [2.05, 4.69) is 9.40 Å². The summed E-state index contributed by atoms with van der Waals surface area (Å²) in [5.41, 5.74) is 2.41. The van der Waals surface area contributed by atoms with E-state index in [4.69, 9.17) is 0 Å². The average Bonchev–Trinajstić information content (AvgIpc) is 3.14. The summed E-state index contributed by atoms with van der Waals surface area (Å²) in [6, 6.07) is 21.6. The molecule has 0 saturated heterocycles. The standard InChI is InChI=1S/C24H22N2O4/c27-24(21-13-8-10-18-9-2-3-11-19(18)21)22-17-25(23-14-5-4-12-20(22)23)15-6-1-7-16-30-26(28)29/h2-5,8-14,17H,1,6-7,15-16H2. The number of unbranched alkanes of at least 4 members (excludes halogenated alkanes) is 2. The summed E-state index contributed by atoms with van der Waals surface area (Å²) >= 11 is 0. The van der Waals surface area contributed by atoms with Crippen molar-refractivity contribution in [2.75, 3.05) is 6.61 Å². The van der Waals surface area contributed by atoms with Crippen molar-refractivity contribution in [1.82, 2.24) is 4.57 Å². The molecule has 0 saturated carbocycles. The minimum atomic E-state index is -0.759. The molecule has 0 aliphatic rings. The molecule has 0 fully saturated rings. The fourth-order valence-electron chi connectivity index (χ4n) is 3.88. The van der Waals surface area contributed by atoms with E-state index >= 15 is 0 Å². The van der Waals surface area contributed by atoms with Gasteiger partial charge in [-0.2, -0.15) is 0 Å². The summed E-state index contributed by atoms with van der Waals surface area (Å²) in [5, 5.41) is 12.4. The molecular formula is C24H22N2O4. The minimum Gasteiger partial charge on any atom is -0.347 e. The normalized spacial score (nSPS) is 11.1. The van der Waals surface area contributed by atoms with Crippen molar-refractivity contribution in [2.24, 2.45) is 0 Å². The summed E-state index contributed by atoms with van der Waals surface area (Å²) in [4.78, 5) is 28.0. The third-order valence-corrected chi connectivity index (χ3v) is 5.31. The van der Waals surface area contributed by atoms with Crippen LogP contribution in [0, 0.1) is 10.1 Å². The number of benzene rings is 3. The highest BCUT2D eigenvalue weighted by Gasteiger charge is 2.18. The third kappa shape index (κ3) is 4.03. The number of para-hydroxylation sites is 1. The van der Waals surface area contributed by atoms with Crippen molar-refractivity contribution in [3.63, 3.8) is 0 Å². The van der Waals surface area contributed by atoms with Crippen molar-refractivity contribution < 1.29 is 14.7 Å². The van der Waals surface area contributed by atoms with E-state index in [-0.39, 0.29) is 12.4 Å². The van der Waals surface area contributed by atoms with Gasteiger partial charge in [-0.05, 0) is 36.1 Å². The van der Waals surface area contributed by atoms with Crippen LogP contribution in [0.4, 0.5) is 0 Å². The largest absolute Gasteiger partial charge is 0.347 e. The Balaban J connectivity index is 1.59. The summed E-state index contributed by atoms with van der Waals surface area (Å²) in [5.74, 6) is 0.0149. The second-order valence-electron chi connectivity index (χ2n) is 7.23. The van der Waals surface area contributed by atoms with Crippen LogP contribution in [-0.2, 0) is 11.4 Å². The lowest BCUT2D eigenvalue weighted by Gasteiger charge is -2.05. The Morgan fingerprint density at radius 3 is 2.43 bits per heavy atom. The van der Waals surface area contributed by atoms with Gasteiger partial charge in [0.25, 0.3) is 5.09 Å². The van der Waals surface area contributed by atoms with E-state index in [0.29, 0.717) is 17.5 Å². The van der Waals surface area contributed by atoms with Crippen molar-refractivity contribution in [3.8, 4) is 0 Å². The maximum absolute atomic E-state index is 13.5. The van der Waals surface area contributed by atoms with Gasteiger partial charge in [0.05, 0.1) is 6.61 Å². The zero-order valence-corrected chi connectivity index (χ0v) is 16.5. The lowest BCUT2D eigenvalue weighted by Crippen LogP contribution is -2.03. The van der Waals surface area contributed by atoms with Crippen LogP contribution in [0.15, 0.2) is 72.9 Å². The lowest BCUT2D eigenvalue weighted by molar-refractivity contribution is -0.757. The fraction of sp³-hybridized carbons (Fsp3) is 0.208. The van der Waals surface area contributed by atoms with Gasteiger partial charge in [-0.3, -0.25) is 4.79 Å². The Morgan fingerprint density at radius 2 is 1.60 bits per heavy atom. The molecule has 0 N–H and O–H groups in total. The number of ketones is 1. The summed E-state index contributed by atoms with van der Waals surface area (Å²) in [7, 11) is 0. The molecule has 4 aromatic rings. The maximum Gasteiger partial charge on any atom is 0.294 e. The first kappa shape index (κ1) is 19.6. The van der Waals surface area contributed by atoms with Crippen LogP contribution in [0.3, 0.4) is 0 Å². The number of carbonyl (C=O) groups is 1. The molecule has 6 nitrogen and oxygen atoms in total. The predicted molar refractivity (Wildman–Crippen MR) is 116 cm³/mol. The van der Waals surface area contributed by atoms with Gasteiger partial charge in [0.2, 0.25) is 0 Å². The summed E-state index contributed by atoms with van der Waals surface area (Å²) in [6.07, 6.45) is 4.22. The number of hydrogen-bond donors (Lipinski definition) is 0. The number of nitrogens with zero attached hydrogens (tertiary/aromatic N) is 2. The van der Waals surface area contributed by atoms with Crippen LogP contribution in [0.2, 0.25) is 0 Å². The molecule has 3 aromatic carbocycles. The minimum absolute atomic E-state index is 0.0149. The SMILES string of the molecule is O=C(c1cccc2ccccc12)c1cn(CCCCCO[N+](=O)[O-])c2ccccc12. The molecular weight excluding hydrogens is 380 g/mol. The average molecular weight is 402 g/mol. The van der Waals surface area contributed by atoms with Gasteiger partial charge < -0.3 is 9.40 Å². The van der Waals surface area contributed by atoms with Crippen molar-refractivity contribution in [2.45, 2.75) is 25.8 Å². The first-order valence-corrected chi connectivity index (χ1v) is 10.0. The first-order valence-electron chi connectivity index (χ1n) is 10.0. The van der Waals surface area contributed by atoms with E-state index in [1.165, 1.54) is 0 Å². The van der Waals surface area contributed by atoms with E-state index < -0.39 is 5.09 Å². The monoisotopic (exact) mass is 402 g/mol. The van der Waals surface area contributed by atoms with E-state index in [9.17, 15) is 14.9 Å². The van der Waals surface area contributed by atoms with E-state index in [1.54, 1.807) is 0 Å². The number of aromatic nitrogens is 1. The quantitative estimate of drug-likeness (QED) is 0.162. The van der Waals surface area contributed by atoms with Gasteiger partial charge in [-0.25, -0.2) is 0 Å². The predicted octanol–water partition coefficient (Wildman–Crippen LogP) is 5.40. The van der Waals surface area contributed by atoms with Crippen molar-refractivity contribution in [3.05, 3.63) is 94.2 Å². The molecule has 30 heavy (non-hydrogen) atoms. The Bertz CT molecular complexity index is 1210. The second-order valence-corrected chi connectivity index (χ2v) is 7.23. The summed E-state index contributed by atoms with van der Waals surface area (Å²) in [6.45, 7) is 0.853. The van der Waals surface area contributed by atoms with Crippen LogP contribution in [-0.4, -0.2) is 22.0 Å². The van der Waals surface area contributed by atoms with Crippen LogP contribution in [0.1, 0.15) is 35.2 Å². The molecule has 0 aliphatic carbocycles. The van der Waals surface area contributed by atoms with E-state index in [0.717, 1.165) is 41.1 Å². The molecule has 152 valence electrons. The maximum atomic E-state index is 13.5. The fourth-order valence-corrected chi connectivity index (χ4v) is 3.88. The van der Waals surface area contributed by atoms with E-state index in [1.807, 2.05) is 72.9 Å².